The zero-order valence-corrected chi connectivity index (χ0v) is 11.0. The third kappa shape index (κ3) is 3.33. The first-order valence-electron chi connectivity index (χ1n) is 6.57. The molecular weight excluding hydrogens is 246 g/mol. The standard InChI is InChI=1S/C13H19N3O3/c1-9(7-16-6-5-14-8-16)15-12(17)10-3-2-4-11(10)13(18)19/h5-6,8-11H,2-4,7H2,1H3,(H,15,17)(H,18,19)/t9?,10-,11+/m1/s1. The molecule has 1 unspecified atom stereocenters. The Hall–Kier alpha value is -1.85. The van der Waals surface area contributed by atoms with Crippen LogP contribution in [-0.2, 0) is 16.1 Å². The molecule has 1 aromatic heterocycles. The summed E-state index contributed by atoms with van der Waals surface area (Å²) in [6.45, 7) is 2.54. The molecule has 0 radical (unpaired) electrons. The van der Waals surface area contributed by atoms with Crippen LogP contribution in [0, 0.1) is 11.8 Å². The lowest BCUT2D eigenvalue weighted by molar-refractivity contribution is -0.146. The fraction of sp³-hybridized carbons (Fsp3) is 0.615. The predicted octanol–water partition coefficient (Wildman–Crippen LogP) is 0.889. The van der Waals surface area contributed by atoms with Crippen LogP contribution in [0.2, 0.25) is 0 Å². The first-order chi connectivity index (χ1) is 9.08. The highest BCUT2D eigenvalue weighted by Gasteiger charge is 2.37. The van der Waals surface area contributed by atoms with E-state index in [-0.39, 0.29) is 17.9 Å². The molecule has 104 valence electrons. The van der Waals surface area contributed by atoms with E-state index in [1.165, 1.54) is 0 Å². The van der Waals surface area contributed by atoms with Gasteiger partial charge in [0.2, 0.25) is 5.91 Å². The minimum Gasteiger partial charge on any atom is -0.481 e. The van der Waals surface area contributed by atoms with E-state index in [1.807, 2.05) is 17.7 Å². The second-order valence-electron chi connectivity index (χ2n) is 5.15. The van der Waals surface area contributed by atoms with Crippen LogP contribution in [0.3, 0.4) is 0 Å². The summed E-state index contributed by atoms with van der Waals surface area (Å²) in [5.74, 6) is -1.92. The van der Waals surface area contributed by atoms with Crippen molar-refractivity contribution in [2.24, 2.45) is 11.8 Å². The molecular formula is C13H19N3O3. The van der Waals surface area contributed by atoms with E-state index >= 15 is 0 Å². The molecule has 1 saturated carbocycles. The van der Waals surface area contributed by atoms with Gasteiger partial charge in [-0.2, -0.15) is 0 Å². The normalized spacial score (nSPS) is 24.1. The number of carbonyl (C=O) groups excluding carboxylic acids is 1. The summed E-state index contributed by atoms with van der Waals surface area (Å²) >= 11 is 0. The van der Waals surface area contributed by atoms with Gasteiger partial charge in [-0.25, -0.2) is 4.98 Å². The number of hydrogen-bond donors (Lipinski definition) is 2. The van der Waals surface area contributed by atoms with Crippen molar-refractivity contribution in [1.82, 2.24) is 14.9 Å². The Morgan fingerprint density at radius 1 is 1.47 bits per heavy atom. The van der Waals surface area contributed by atoms with Gasteiger partial charge in [-0.05, 0) is 19.8 Å². The second-order valence-corrected chi connectivity index (χ2v) is 5.15. The van der Waals surface area contributed by atoms with Gasteiger partial charge in [0.25, 0.3) is 0 Å². The third-order valence-electron chi connectivity index (χ3n) is 3.60. The van der Waals surface area contributed by atoms with Crippen molar-refractivity contribution in [3.63, 3.8) is 0 Å². The number of aromatic nitrogens is 2. The molecule has 6 nitrogen and oxygen atoms in total. The molecule has 1 aromatic rings. The lowest BCUT2D eigenvalue weighted by Gasteiger charge is -2.20. The quantitative estimate of drug-likeness (QED) is 0.828. The van der Waals surface area contributed by atoms with Crippen LogP contribution in [0.25, 0.3) is 0 Å². The molecule has 0 spiro atoms. The summed E-state index contributed by atoms with van der Waals surface area (Å²) in [5, 5.41) is 12.0. The average Bonchev–Trinajstić information content (AvgIpc) is 2.97. The largest absolute Gasteiger partial charge is 0.481 e. The van der Waals surface area contributed by atoms with Crippen molar-refractivity contribution in [3.8, 4) is 0 Å². The van der Waals surface area contributed by atoms with Crippen molar-refractivity contribution in [3.05, 3.63) is 18.7 Å². The summed E-state index contributed by atoms with van der Waals surface area (Å²) in [4.78, 5) is 27.1. The summed E-state index contributed by atoms with van der Waals surface area (Å²) in [6.07, 6.45) is 7.29. The minimum absolute atomic E-state index is 0.0447. The number of hydrogen-bond acceptors (Lipinski definition) is 3. The van der Waals surface area contributed by atoms with Gasteiger partial charge in [-0.15, -0.1) is 0 Å². The molecule has 19 heavy (non-hydrogen) atoms. The van der Waals surface area contributed by atoms with E-state index in [2.05, 4.69) is 10.3 Å². The Morgan fingerprint density at radius 3 is 2.84 bits per heavy atom. The van der Waals surface area contributed by atoms with E-state index in [9.17, 15) is 9.59 Å². The SMILES string of the molecule is CC(Cn1ccnc1)NC(=O)[C@@H]1CCC[C@@H]1C(=O)O. The van der Waals surface area contributed by atoms with Gasteiger partial charge < -0.3 is 15.0 Å². The maximum absolute atomic E-state index is 12.1. The molecule has 1 amide bonds. The lowest BCUT2D eigenvalue weighted by atomic mass is 9.95. The zero-order valence-electron chi connectivity index (χ0n) is 11.0. The number of nitrogens with one attached hydrogen (secondary N) is 1. The number of rotatable bonds is 5. The molecule has 6 heteroatoms. The topological polar surface area (TPSA) is 84.2 Å². The van der Waals surface area contributed by atoms with Crippen LogP contribution >= 0.6 is 0 Å². The number of carboxylic acid groups (broad SMARTS) is 1. The molecule has 2 N–H and O–H groups in total. The van der Waals surface area contributed by atoms with Crippen LogP contribution in [0.1, 0.15) is 26.2 Å². The number of carbonyl (C=O) groups is 2. The van der Waals surface area contributed by atoms with Crippen LogP contribution in [0.5, 0.6) is 0 Å². The van der Waals surface area contributed by atoms with E-state index in [4.69, 9.17) is 5.11 Å². The first-order valence-corrected chi connectivity index (χ1v) is 6.57. The summed E-state index contributed by atoms with van der Waals surface area (Å²) in [7, 11) is 0. The lowest BCUT2D eigenvalue weighted by Crippen LogP contribution is -2.41. The van der Waals surface area contributed by atoms with Crippen LogP contribution in [0.15, 0.2) is 18.7 Å². The van der Waals surface area contributed by atoms with Crippen molar-refractivity contribution >= 4 is 11.9 Å². The van der Waals surface area contributed by atoms with Gasteiger partial charge in [0.1, 0.15) is 0 Å². The Morgan fingerprint density at radius 2 is 2.21 bits per heavy atom. The molecule has 1 aliphatic carbocycles. The van der Waals surface area contributed by atoms with Crippen molar-refractivity contribution in [2.75, 3.05) is 0 Å². The Bertz CT molecular complexity index is 444. The predicted molar refractivity (Wildman–Crippen MR) is 68.3 cm³/mol. The number of imidazole rings is 1. The Kier molecular flexibility index (Phi) is 4.19. The number of amides is 1. The van der Waals surface area contributed by atoms with Gasteiger partial charge in [-0.1, -0.05) is 6.42 Å². The van der Waals surface area contributed by atoms with Gasteiger partial charge in [-0.3, -0.25) is 9.59 Å². The fourth-order valence-corrected chi connectivity index (χ4v) is 2.68. The molecule has 1 fully saturated rings. The maximum atomic E-state index is 12.1. The van der Waals surface area contributed by atoms with Crippen LogP contribution in [-0.4, -0.2) is 32.6 Å². The molecule has 2 rings (SSSR count). The molecule has 1 heterocycles. The summed E-state index contributed by atoms with van der Waals surface area (Å²) in [5.41, 5.74) is 0. The van der Waals surface area contributed by atoms with Gasteiger partial charge in [0.05, 0.1) is 18.2 Å². The van der Waals surface area contributed by atoms with Gasteiger partial charge in [0, 0.05) is 25.0 Å². The first kappa shape index (κ1) is 13.6. The smallest absolute Gasteiger partial charge is 0.307 e. The highest BCUT2D eigenvalue weighted by molar-refractivity contribution is 5.85. The van der Waals surface area contributed by atoms with Crippen molar-refractivity contribution < 1.29 is 14.7 Å². The van der Waals surface area contributed by atoms with E-state index in [0.29, 0.717) is 19.4 Å². The fourth-order valence-electron chi connectivity index (χ4n) is 2.68. The number of nitrogens with zero attached hydrogens (tertiary/aromatic N) is 2. The van der Waals surface area contributed by atoms with Crippen LogP contribution < -0.4 is 5.32 Å². The molecule has 0 aromatic carbocycles. The summed E-state index contributed by atoms with van der Waals surface area (Å²) in [6, 6.07) is -0.0447. The van der Waals surface area contributed by atoms with Gasteiger partial charge in [0.15, 0.2) is 0 Å². The van der Waals surface area contributed by atoms with E-state index in [0.717, 1.165) is 6.42 Å². The number of carboxylic acids is 1. The molecule has 1 aliphatic rings. The Balaban J connectivity index is 1.88. The summed E-state index contributed by atoms with van der Waals surface area (Å²) < 4.78 is 1.88. The average molecular weight is 265 g/mol. The van der Waals surface area contributed by atoms with Crippen molar-refractivity contribution in [1.29, 1.82) is 0 Å². The van der Waals surface area contributed by atoms with Crippen molar-refractivity contribution in [2.45, 2.75) is 38.8 Å². The second kappa shape index (κ2) is 5.86. The highest BCUT2D eigenvalue weighted by atomic mass is 16.4. The Labute approximate surface area is 111 Å². The molecule has 0 bridgehead atoms. The minimum atomic E-state index is -0.861. The molecule has 0 aliphatic heterocycles. The van der Waals surface area contributed by atoms with E-state index < -0.39 is 11.9 Å². The van der Waals surface area contributed by atoms with E-state index in [1.54, 1.807) is 12.5 Å². The van der Waals surface area contributed by atoms with Gasteiger partial charge >= 0.3 is 5.97 Å². The zero-order chi connectivity index (χ0) is 13.8. The monoisotopic (exact) mass is 265 g/mol. The van der Waals surface area contributed by atoms with Crippen LogP contribution in [0.4, 0.5) is 0 Å². The molecule has 0 saturated heterocycles. The third-order valence-corrected chi connectivity index (χ3v) is 3.60. The molecule has 3 atom stereocenters. The highest BCUT2D eigenvalue weighted by Crippen LogP contribution is 2.32. The maximum Gasteiger partial charge on any atom is 0.307 e. The number of aliphatic carboxylic acids is 1.